The molecule has 234 valence electrons. The molecule has 3 rings (SSSR count). The predicted molar refractivity (Wildman–Crippen MR) is 154 cm³/mol. The van der Waals surface area contributed by atoms with Crippen molar-refractivity contribution in [3.63, 3.8) is 0 Å². The van der Waals surface area contributed by atoms with Crippen LogP contribution in [0.15, 0.2) is 41.2 Å². The molecule has 15 nitrogen and oxygen atoms in total. The summed E-state index contributed by atoms with van der Waals surface area (Å²) in [6.07, 6.45) is -1.77. The Kier molecular flexibility index (Phi) is 10.3. The minimum Gasteiger partial charge on any atom is -0.481 e. The molecule has 44 heavy (non-hydrogen) atoms. The number of nitrogens with two attached hydrogens (primary N) is 2. The van der Waals surface area contributed by atoms with Gasteiger partial charge in [-0.3, -0.25) is 29.0 Å². The molecule has 0 saturated heterocycles. The summed E-state index contributed by atoms with van der Waals surface area (Å²) in [7, 11) is 2.67. The summed E-state index contributed by atoms with van der Waals surface area (Å²) in [6, 6.07) is 5.21. The number of amides is 1. The van der Waals surface area contributed by atoms with Crippen molar-refractivity contribution >= 4 is 52.1 Å². The summed E-state index contributed by atoms with van der Waals surface area (Å²) in [5, 5.41) is 28.4. The second-order valence-corrected chi connectivity index (χ2v) is 10.2. The molecule has 1 amide bonds. The minimum atomic E-state index is -1.96. The van der Waals surface area contributed by atoms with Crippen LogP contribution in [0.25, 0.3) is 10.9 Å². The van der Waals surface area contributed by atoms with E-state index in [-0.39, 0.29) is 18.9 Å². The van der Waals surface area contributed by atoms with Crippen molar-refractivity contribution in [3.05, 3.63) is 63.7 Å². The van der Waals surface area contributed by atoms with E-state index in [0.717, 1.165) is 19.2 Å². The molecular weight excluding hydrogens is 583 g/mol. The third kappa shape index (κ3) is 7.71. The van der Waals surface area contributed by atoms with Crippen LogP contribution in [0.5, 0.6) is 0 Å². The Balaban J connectivity index is 1.78. The van der Waals surface area contributed by atoms with Crippen LogP contribution in [-0.4, -0.2) is 86.0 Å². The van der Waals surface area contributed by atoms with Gasteiger partial charge in [0.05, 0.1) is 22.5 Å². The molecule has 0 fully saturated rings. The van der Waals surface area contributed by atoms with E-state index in [1.807, 2.05) is 0 Å². The fourth-order valence-electron chi connectivity index (χ4n) is 4.58. The third-order valence-corrected chi connectivity index (χ3v) is 7.04. The Morgan fingerprint density at radius 3 is 2.30 bits per heavy atom. The van der Waals surface area contributed by atoms with Gasteiger partial charge in [-0.25, -0.2) is 14.2 Å². The van der Waals surface area contributed by atoms with Crippen molar-refractivity contribution in [1.82, 2.24) is 14.9 Å². The molecule has 1 aromatic heterocycles. The third-order valence-electron chi connectivity index (χ3n) is 7.04. The number of carbonyl (C=O) groups is 5. The number of nitrogens with zero attached hydrogens (tertiary/aromatic N) is 3. The number of carbonyl (C=O) groups excluding carboxylic acids is 2. The summed E-state index contributed by atoms with van der Waals surface area (Å²) < 4.78 is 15.2. The van der Waals surface area contributed by atoms with E-state index < -0.39 is 77.4 Å². The Bertz CT molecular complexity index is 1680. The first-order valence-corrected chi connectivity index (χ1v) is 13.1. The Morgan fingerprint density at radius 2 is 1.70 bits per heavy atom. The molecular formula is C28H31FN6O9. The van der Waals surface area contributed by atoms with Crippen LogP contribution >= 0.6 is 0 Å². The number of nitrogens with one attached hydrogen (secondary N) is 1. The number of aliphatic carboxylic acids is 3. The molecule has 3 atom stereocenters. The van der Waals surface area contributed by atoms with Crippen molar-refractivity contribution in [2.75, 3.05) is 24.7 Å². The van der Waals surface area contributed by atoms with Gasteiger partial charge in [-0.15, -0.1) is 0 Å². The molecule has 8 N–H and O–H groups in total. The average Bonchev–Trinajstić information content (AvgIpc) is 2.95. The molecule has 2 aromatic carbocycles. The topological polar surface area (TPSA) is 250 Å². The zero-order valence-corrected chi connectivity index (χ0v) is 23.7. The van der Waals surface area contributed by atoms with Gasteiger partial charge in [0, 0.05) is 32.7 Å². The summed E-state index contributed by atoms with van der Waals surface area (Å²) in [6.45, 7) is 0.229. The van der Waals surface area contributed by atoms with Crippen molar-refractivity contribution in [2.24, 2.45) is 11.7 Å². The molecule has 16 heteroatoms. The number of fused-ring (bicyclic) bond motifs is 1. The Hall–Kier alpha value is -5.38. The number of likely N-dealkylation sites (N-methyl/N-ethyl adjacent to an activating group) is 1. The van der Waals surface area contributed by atoms with Crippen LogP contribution in [0.2, 0.25) is 0 Å². The lowest BCUT2D eigenvalue weighted by atomic mass is 9.89. The van der Waals surface area contributed by atoms with Crippen molar-refractivity contribution in [2.45, 2.75) is 37.9 Å². The summed E-state index contributed by atoms with van der Waals surface area (Å²) >= 11 is 0. The first-order chi connectivity index (χ1) is 20.6. The number of aromatic amines is 1. The summed E-state index contributed by atoms with van der Waals surface area (Å²) in [5.74, 6) is -9.78. The number of Topliss-reactive ketones (excluding diaryl/α,β-unsaturated/α-hetero) is 1. The van der Waals surface area contributed by atoms with Crippen molar-refractivity contribution in [3.8, 4) is 0 Å². The van der Waals surface area contributed by atoms with E-state index in [2.05, 4.69) is 9.97 Å². The fraction of sp³-hybridized carbons (Fsp3) is 0.321. The van der Waals surface area contributed by atoms with Gasteiger partial charge >= 0.3 is 17.9 Å². The molecule has 0 aliphatic carbocycles. The van der Waals surface area contributed by atoms with Crippen LogP contribution in [-0.2, 0) is 25.7 Å². The number of halogens is 1. The number of benzene rings is 2. The van der Waals surface area contributed by atoms with Crippen LogP contribution in [0.4, 0.5) is 16.0 Å². The maximum Gasteiger partial charge on any atom is 0.326 e. The minimum absolute atomic E-state index is 0.0230. The number of aromatic nitrogens is 2. The lowest BCUT2D eigenvalue weighted by Crippen LogP contribution is -2.48. The Morgan fingerprint density at radius 1 is 1.02 bits per heavy atom. The quantitative estimate of drug-likeness (QED) is 0.137. The SMILES string of the molecule is CN(Cc1ccc2nc(N)[nH]c(=O)c2c1)c1ccc(C(=O)N(C)[C@@H](CC(C(=O)O)C(=O)[C@@H](N)CCC(=O)O)C(=O)O)c(F)c1. The number of ketones is 1. The average molecular weight is 615 g/mol. The lowest BCUT2D eigenvalue weighted by Gasteiger charge is -2.28. The van der Waals surface area contributed by atoms with Crippen LogP contribution in [0, 0.1) is 11.7 Å². The number of carboxylic acid groups (broad SMARTS) is 3. The first-order valence-electron chi connectivity index (χ1n) is 13.1. The molecule has 0 bridgehead atoms. The summed E-state index contributed by atoms with van der Waals surface area (Å²) in [4.78, 5) is 81.3. The van der Waals surface area contributed by atoms with Crippen molar-refractivity contribution in [1.29, 1.82) is 0 Å². The van der Waals surface area contributed by atoms with E-state index in [9.17, 15) is 39.0 Å². The number of H-pyrrole nitrogens is 1. The zero-order valence-electron chi connectivity index (χ0n) is 23.7. The maximum atomic E-state index is 15.2. The molecule has 0 aliphatic rings. The summed E-state index contributed by atoms with van der Waals surface area (Å²) in [5.41, 5.74) is 11.7. The highest BCUT2D eigenvalue weighted by Crippen LogP contribution is 2.24. The highest BCUT2D eigenvalue weighted by atomic mass is 19.1. The van der Waals surface area contributed by atoms with E-state index in [4.69, 9.17) is 16.6 Å². The highest BCUT2D eigenvalue weighted by Gasteiger charge is 2.38. The van der Waals surface area contributed by atoms with Gasteiger partial charge in [0.25, 0.3) is 11.5 Å². The van der Waals surface area contributed by atoms with Gasteiger partial charge in [-0.05, 0) is 48.7 Å². The largest absolute Gasteiger partial charge is 0.481 e. The van der Waals surface area contributed by atoms with E-state index >= 15 is 4.39 Å². The molecule has 3 aromatic rings. The zero-order chi connectivity index (χ0) is 32.9. The van der Waals surface area contributed by atoms with Gasteiger partial charge in [-0.1, -0.05) is 6.07 Å². The van der Waals surface area contributed by atoms with E-state index in [0.29, 0.717) is 27.1 Å². The van der Waals surface area contributed by atoms with Crippen LogP contribution in [0.1, 0.15) is 35.2 Å². The number of nitrogen functional groups attached to an aromatic ring is 1. The van der Waals surface area contributed by atoms with E-state index in [1.54, 1.807) is 30.1 Å². The number of carboxylic acids is 3. The smallest absolute Gasteiger partial charge is 0.326 e. The maximum absolute atomic E-state index is 15.2. The van der Waals surface area contributed by atoms with Gasteiger partial charge in [-0.2, -0.15) is 0 Å². The number of hydrogen-bond donors (Lipinski definition) is 6. The van der Waals surface area contributed by atoms with Gasteiger partial charge in [0.15, 0.2) is 5.78 Å². The number of hydrogen-bond acceptors (Lipinski definition) is 10. The first kappa shape index (κ1) is 33.1. The van der Waals surface area contributed by atoms with Gasteiger partial charge in [0.2, 0.25) is 5.95 Å². The van der Waals surface area contributed by atoms with E-state index in [1.165, 1.54) is 6.07 Å². The molecule has 1 unspecified atom stereocenters. The molecule has 0 spiro atoms. The number of rotatable bonds is 14. The van der Waals surface area contributed by atoms with Gasteiger partial charge in [0.1, 0.15) is 17.8 Å². The van der Waals surface area contributed by atoms with Gasteiger partial charge < -0.3 is 36.6 Å². The fourth-order valence-corrected chi connectivity index (χ4v) is 4.58. The predicted octanol–water partition coefficient (Wildman–Crippen LogP) is 0.658. The normalized spacial score (nSPS) is 13.1. The Labute approximate surface area is 248 Å². The molecule has 0 radical (unpaired) electrons. The standard InChI is InChI=1S/C28H31FN6O9/c1-34(12-13-3-7-20-16(9-13)24(39)33-28(31)32-20)14-4-5-15(18(29)10-14)25(40)35(2)21(27(43)44)11-17(26(41)42)23(38)19(30)6-8-22(36)37/h3-5,7,9-10,17,19,21H,6,8,11-12,30H2,1-2H3,(H,36,37)(H,41,42)(H,43,44)(H3,31,32,33,39)/t17?,19-,21-/m0/s1. The highest BCUT2D eigenvalue weighted by molar-refractivity contribution is 6.02. The second-order valence-electron chi connectivity index (χ2n) is 10.2. The monoisotopic (exact) mass is 614 g/mol. The molecule has 1 heterocycles. The molecule has 0 saturated carbocycles. The van der Waals surface area contributed by atoms with Crippen LogP contribution in [0.3, 0.4) is 0 Å². The molecule has 0 aliphatic heterocycles. The second kappa shape index (κ2) is 13.7. The lowest BCUT2D eigenvalue weighted by molar-refractivity contribution is -0.149. The van der Waals surface area contributed by atoms with Crippen molar-refractivity contribution < 1.29 is 43.7 Å². The van der Waals surface area contributed by atoms with Crippen LogP contribution < -0.4 is 21.9 Å². The number of anilines is 2.